The fourth-order valence-electron chi connectivity index (χ4n) is 3.19. The molecule has 0 bridgehead atoms. The lowest BCUT2D eigenvalue weighted by atomic mass is 10.2. The van der Waals surface area contributed by atoms with E-state index in [1.54, 1.807) is 28.0 Å². The number of hydrogen-bond donors (Lipinski definition) is 1. The van der Waals surface area contributed by atoms with Crippen LogP contribution in [0.15, 0.2) is 33.9 Å². The molecular formula is C17H15N7O2. The summed E-state index contributed by atoms with van der Waals surface area (Å²) in [5.41, 5.74) is 0.717. The minimum atomic E-state index is -0.408. The van der Waals surface area contributed by atoms with Gasteiger partial charge in [-0.1, -0.05) is 12.1 Å². The maximum Gasteiger partial charge on any atom is 0.285 e. The average Bonchev–Trinajstić information content (AvgIpc) is 3.17. The largest absolute Gasteiger partial charge is 0.298 e. The second-order valence-corrected chi connectivity index (χ2v) is 5.93. The maximum atomic E-state index is 12.7. The minimum absolute atomic E-state index is 0.0779. The SMILES string of the molecule is CCn1c(=O)c2ccccc2n2c(Cn3[nH]c(C)c(C#N)c3=O)nnc12. The van der Waals surface area contributed by atoms with Crippen LogP contribution in [0.25, 0.3) is 16.7 Å². The predicted octanol–water partition coefficient (Wildman–Crippen LogP) is 0.782. The molecule has 4 rings (SSSR count). The van der Waals surface area contributed by atoms with Gasteiger partial charge in [0.15, 0.2) is 5.82 Å². The zero-order valence-electron chi connectivity index (χ0n) is 14.2. The normalized spacial score (nSPS) is 11.3. The van der Waals surface area contributed by atoms with Crippen LogP contribution in [0.2, 0.25) is 0 Å². The Balaban J connectivity index is 2.01. The summed E-state index contributed by atoms with van der Waals surface area (Å²) in [6.07, 6.45) is 0. The highest BCUT2D eigenvalue weighted by atomic mass is 16.1. The van der Waals surface area contributed by atoms with Gasteiger partial charge in [-0.05, 0) is 26.0 Å². The topological polar surface area (TPSA) is 114 Å². The smallest absolute Gasteiger partial charge is 0.285 e. The molecule has 0 aliphatic rings. The van der Waals surface area contributed by atoms with Crippen molar-refractivity contribution in [1.29, 1.82) is 5.26 Å². The Hall–Kier alpha value is -3.67. The zero-order valence-corrected chi connectivity index (χ0v) is 14.2. The molecule has 0 saturated carbocycles. The van der Waals surface area contributed by atoms with Crippen molar-refractivity contribution in [1.82, 2.24) is 28.9 Å². The minimum Gasteiger partial charge on any atom is -0.298 e. The van der Waals surface area contributed by atoms with E-state index in [2.05, 4.69) is 15.3 Å². The molecule has 1 N–H and O–H groups in total. The number of aromatic amines is 1. The second kappa shape index (κ2) is 5.70. The molecule has 1 aromatic carbocycles. The van der Waals surface area contributed by atoms with E-state index in [-0.39, 0.29) is 17.7 Å². The third kappa shape index (κ3) is 2.09. The van der Waals surface area contributed by atoms with Crippen LogP contribution in [0.4, 0.5) is 0 Å². The van der Waals surface area contributed by atoms with E-state index < -0.39 is 5.56 Å². The third-order valence-electron chi connectivity index (χ3n) is 4.44. The van der Waals surface area contributed by atoms with E-state index in [1.165, 1.54) is 4.68 Å². The molecule has 0 atom stereocenters. The first kappa shape index (κ1) is 15.8. The van der Waals surface area contributed by atoms with Gasteiger partial charge in [-0.15, -0.1) is 10.2 Å². The van der Waals surface area contributed by atoms with Crippen molar-refractivity contribution in [2.75, 3.05) is 0 Å². The summed E-state index contributed by atoms with van der Waals surface area (Å²) in [4.78, 5) is 25.0. The summed E-state index contributed by atoms with van der Waals surface area (Å²) in [6, 6.07) is 9.11. The number of rotatable bonds is 3. The fourth-order valence-corrected chi connectivity index (χ4v) is 3.19. The number of nitrogens with zero attached hydrogens (tertiary/aromatic N) is 6. The van der Waals surface area contributed by atoms with E-state index >= 15 is 0 Å². The van der Waals surface area contributed by atoms with Crippen LogP contribution in [-0.2, 0) is 13.1 Å². The van der Waals surface area contributed by atoms with Gasteiger partial charge in [0.1, 0.15) is 18.2 Å². The van der Waals surface area contributed by atoms with Crippen LogP contribution in [0.1, 0.15) is 24.0 Å². The number of nitriles is 1. The molecule has 0 unspecified atom stereocenters. The summed E-state index contributed by atoms with van der Waals surface area (Å²) in [5, 5.41) is 20.9. The molecule has 3 aromatic heterocycles. The molecule has 0 amide bonds. The van der Waals surface area contributed by atoms with Crippen molar-refractivity contribution >= 4 is 16.7 Å². The third-order valence-corrected chi connectivity index (χ3v) is 4.44. The van der Waals surface area contributed by atoms with Gasteiger partial charge in [-0.25, -0.2) is 4.68 Å². The van der Waals surface area contributed by atoms with Crippen molar-refractivity contribution in [2.24, 2.45) is 0 Å². The number of nitrogens with one attached hydrogen (secondary N) is 1. The van der Waals surface area contributed by atoms with Crippen molar-refractivity contribution in [2.45, 2.75) is 26.9 Å². The summed E-state index contributed by atoms with van der Waals surface area (Å²) >= 11 is 0. The lowest BCUT2D eigenvalue weighted by Crippen LogP contribution is -2.24. The summed E-state index contributed by atoms with van der Waals surface area (Å²) < 4.78 is 4.64. The molecule has 9 nitrogen and oxygen atoms in total. The maximum absolute atomic E-state index is 12.7. The van der Waals surface area contributed by atoms with Gasteiger partial charge in [0.25, 0.3) is 11.1 Å². The number of para-hydroxylation sites is 1. The van der Waals surface area contributed by atoms with E-state index in [4.69, 9.17) is 5.26 Å². The number of hydrogen-bond acceptors (Lipinski definition) is 5. The Bertz CT molecular complexity index is 1310. The predicted molar refractivity (Wildman–Crippen MR) is 94.0 cm³/mol. The van der Waals surface area contributed by atoms with Gasteiger partial charge < -0.3 is 0 Å². The van der Waals surface area contributed by atoms with Gasteiger partial charge in [-0.3, -0.25) is 23.7 Å². The standard InChI is InChI=1S/C17H15N7O2/c1-3-22-15(25)11-6-4-5-7-13(11)24-14(19-20-17(22)24)9-23-16(26)12(8-18)10(2)21-23/h4-7,21H,3,9H2,1-2H3. The molecule has 0 aliphatic carbocycles. The molecule has 4 aromatic rings. The number of aromatic nitrogens is 6. The quantitative estimate of drug-likeness (QED) is 0.587. The molecule has 3 heterocycles. The molecule has 26 heavy (non-hydrogen) atoms. The van der Waals surface area contributed by atoms with Crippen LogP contribution in [0, 0.1) is 18.3 Å². The summed E-state index contributed by atoms with van der Waals surface area (Å²) in [5.74, 6) is 0.911. The number of aryl methyl sites for hydroxylation is 2. The Morgan fingerprint density at radius 2 is 1.96 bits per heavy atom. The zero-order chi connectivity index (χ0) is 18.4. The van der Waals surface area contributed by atoms with Gasteiger partial charge in [0.2, 0.25) is 5.78 Å². The highest BCUT2D eigenvalue weighted by Gasteiger charge is 2.18. The Labute approximate surface area is 146 Å². The Morgan fingerprint density at radius 3 is 2.65 bits per heavy atom. The van der Waals surface area contributed by atoms with E-state index in [1.807, 2.05) is 25.1 Å². The van der Waals surface area contributed by atoms with Crippen LogP contribution in [0.5, 0.6) is 0 Å². The first-order valence-corrected chi connectivity index (χ1v) is 8.11. The van der Waals surface area contributed by atoms with Crippen LogP contribution < -0.4 is 11.1 Å². The van der Waals surface area contributed by atoms with Crippen LogP contribution in [-0.4, -0.2) is 28.9 Å². The van der Waals surface area contributed by atoms with Crippen LogP contribution in [0.3, 0.4) is 0 Å². The highest BCUT2D eigenvalue weighted by molar-refractivity contribution is 5.80. The highest BCUT2D eigenvalue weighted by Crippen LogP contribution is 2.15. The fraction of sp³-hybridized carbons (Fsp3) is 0.235. The Kier molecular flexibility index (Phi) is 3.47. The number of benzene rings is 1. The molecule has 0 saturated heterocycles. The lowest BCUT2D eigenvalue weighted by Gasteiger charge is -2.09. The summed E-state index contributed by atoms with van der Waals surface area (Å²) in [7, 11) is 0. The first-order chi connectivity index (χ1) is 12.6. The molecular weight excluding hydrogens is 334 g/mol. The lowest BCUT2D eigenvalue weighted by molar-refractivity contribution is 0.626. The molecule has 0 aliphatic heterocycles. The summed E-state index contributed by atoms with van der Waals surface area (Å²) in [6.45, 7) is 4.09. The van der Waals surface area contributed by atoms with Crippen molar-refractivity contribution in [3.05, 3.63) is 62.1 Å². The average molecular weight is 349 g/mol. The first-order valence-electron chi connectivity index (χ1n) is 8.11. The second-order valence-electron chi connectivity index (χ2n) is 5.93. The van der Waals surface area contributed by atoms with Crippen LogP contribution >= 0.6 is 0 Å². The van der Waals surface area contributed by atoms with E-state index in [0.29, 0.717) is 34.7 Å². The van der Waals surface area contributed by atoms with Gasteiger partial charge in [-0.2, -0.15) is 5.26 Å². The van der Waals surface area contributed by atoms with Gasteiger partial charge in [0, 0.05) is 6.54 Å². The van der Waals surface area contributed by atoms with Gasteiger partial charge >= 0.3 is 0 Å². The van der Waals surface area contributed by atoms with E-state index in [0.717, 1.165) is 0 Å². The van der Waals surface area contributed by atoms with Crippen molar-refractivity contribution in [3.8, 4) is 6.07 Å². The van der Waals surface area contributed by atoms with E-state index in [9.17, 15) is 9.59 Å². The molecule has 0 radical (unpaired) electrons. The Morgan fingerprint density at radius 1 is 1.19 bits per heavy atom. The number of fused-ring (bicyclic) bond motifs is 3. The monoisotopic (exact) mass is 349 g/mol. The molecule has 130 valence electrons. The van der Waals surface area contributed by atoms with Crippen molar-refractivity contribution in [3.63, 3.8) is 0 Å². The van der Waals surface area contributed by atoms with Gasteiger partial charge in [0.05, 0.1) is 16.6 Å². The molecule has 9 heteroatoms. The molecule has 0 fully saturated rings. The molecule has 0 spiro atoms. The number of H-pyrrole nitrogens is 1. The van der Waals surface area contributed by atoms with Crippen molar-refractivity contribution < 1.29 is 0 Å².